The van der Waals surface area contributed by atoms with E-state index >= 15 is 0 Å². The van der Waals surface area contributed by atoms with E-state index < -0.39 is 10.0 Å². The quantitative estimate of drug-likeness (QED) is 0.796. The van der Waals surface area contributed by atoms with Crippen LogP contribution in [0.5, 0.6) is 0 Å². The van der Waals surface area contributed by atoms with Crippen LogP contribution in [0.2, 0.25) is 5.02 Å². The molecule has 1 heterocycles. The minimum absolute atomic E-state index is 0.105. The second-order valence-corrected chi connectivity index (χ2v) is 9.62. The maximum absolute atomic E-state index is 12.9. The van der Waals surface area contributed by atoms with Crippen molar-refractivity contribution < 1.29 is 13.2 Å². The average molecular weight is 421 g/mol. The van der Waals surface area contributed by atoms with Crippen LogP contribution in [0.1, 0.15) is 36.9 Å². The fourth-order valence-electron chi connectivity index (χ4n) is 3.61. The van der Waals surface area contributed by atoms with Gasteiger partial charge in [0.15, 0.2) is 0 Å². The third-order valence-corrected chi connectivity index (χ3v) is 7.35. The van der Waals surface area contributed by atoms with Gasteiger partial charge in [0.25, 0.3) is 0 Å². The van der Waals surface area contributed by atoms with Crippen LogP contribution < -0.4 is 5.32 Å². The Labute approximate surface area is 171 Å². The zero-order valence-corrected chi connectivity index (χ0v) is 17.6. The zero-order chi connectivity index (χ0) is 20.3. The first-order valence-corrected chi connectivity index (χ1v) is 11.2. The van der Waals surface area contributed by atoms with Gasteiger partial charge in [0, 0.05) is 18.1 Å². The van der Waals surface area contributed by atoms with E-state index in [1.807, 2.05) is 38.1 Å². The molecule has 1 fully saturated rings. The van der Waals surface area contributed by atoms with Crippen molar-refractivity contribution in [2.45, 2.75) is 37.6 Å². The summed E-state index contributed by atoms with van der Waals surface area (Å²) >= 11 is 5.86. The smallest absolute Gasteiger partial charge is 0.243 e. The molecule has 1 N–H and O–H groups in total. The van der Waals surface area contributed by atoms with Gasteiger partial charge in [-0.15, -0.1) is 0 Å². The van der Waals surface area contributed by atoms with Crippen molar-refractivity contribution in [2.75, 3.05) is 13.1 Å². The zero-order valence-electron chi connectivity index (χ0n) is 16.1. The molecule has 150 valence electrons. The van der Waals surface area contributed by atoms with Crippen molar-refractivity contribution in [1.82, 2.24) is 9.62 Å². The summed E-state index contributed by atoms with van der Waals surface area (Å²) < 4.78 is 27.2. The number of rotatable bonds is 5. The van der Waals surface area contributed by atoms with Crippen molar-refractivity contribution in [3.8, 4) is 0 Å². The monoisotopic (exact) mass is 420 g/mol. The van der Waals surface area contributed by atoms with Gasteiger partial charge < -0.3 is 5.32 Å². The number of aryl methyl sites for hydroxylation is 1. The number of carbonyl (C=O) groups is 1. The van der Waals surface area contributed by atoms with Crippen LogP contribution in [0, 0.1) is 12.8 Å². The SMILES string of the molecule is Cc1ccccc1[C@H](C)NC(=O)[C@@H]1CCCN(S(=O)(=O)c2ccc(Cl)cc2)C1. The van der Waals surface area contributed by atoms with Crippen LogP contribution in [0.15, 0.2) is 53.4 Å². The van der Waals surface area contributed by atoms with Crippen molar-refractivity contribution in [3.63, 3.8) is 0 Å². The van der Waals surface area contributed by atoms with Gasteiger partial charge in [0.05, 0.1) is 16.9 Å². The normalized spacial score (nSPS) is 19.2. The second kappa shape index (κ2) is 8.64. The van der Waals surface area contributed by atoms with Crippen LogP contribution >= 0.6 is 11.6 Å². The summed E-state index contributed by atoms with van der Waals surface area (Å²) in [4.78, 5) is 13.0. The molecule has 0 saturated carbocycles. The molecule has 2 atom stereocenters. The number of hydrogen-bond acceptors (Lipinski definition) is 3. The molecule has 3 rings (SSSR count). The molecule has 0 aliphatic carbocycles. The lowest BCUT2D eigenvalue weighted by Gasteiger charge is -2.32. The Morgan fingerprint density at radius 2 is 1.86 bits per heavy atom. The van der Waals surface area contributed by atoms with Gasteiger partial charge >= 0.3 is 0 Å². The van der Waals surface area contributed by atoms with Gasteiger partial charge in [-0.2, -0.15) is 4.31 Å². The predicted molar refractivity (Wildman–Crippen MR) is 111 cm³/mol. The third-order valence-electron chi connectivity index (χ3n) is 5.22. The molecular weight excluding hydrogens is 396 g/mol. The predicted octanol–water partition coefficient (Wildman–Crippen LogP) is 3.93. The Kier molecular flexibility index (Phi) is 6.43. The van der Waals surface area contributed by atoms with E-state index in [2.05, 4.69) is 5.32 Å². The number of amides is 1. The van der Waals surface area contributed by atoms with Gasteiger partial charge in [-0.25, -0.2) is 8.42 Å². The molecule has 0 unspecified atom stereocenters. The first kappa shape index (κ1) is 20.8. The molecule has 2 aromatic rings. The highest BCUT2D eigenvalue weighted by Crippen LogP contribution is 2.26. The Hall–Kier alpha value is -1.89. The molecule has 1 amide bonds. The van der Waals surface area contributed by atoms with E-state index in [-0.39, 0.29) is 29.3 Å². The molecule has 0 aromatic heterocycles. The van der Waals surface area contributed by atoms with Gasteiger partial charge in [-0.05, 0) is 62.1 Å². The van der Waals surface area contributed by atoms with Crippen LogP contribution in [-0.4, -0.2) is 31.7 Å². The summed E-state index contributed by atoms with van der Waals surface area (Å²) in [6, 6.07) is 13.9. The number of halogens is 1. The van der Waals surface area contributed by atoms with E-state index in [4.69, 9.17) is 11.6 Å². The number of sulfonamides is 1. The lowest BCUT2D eigenvalue weighted by Crippen LogP contribution is -2.45. The summed E-state index contributed by atoms with van der Waals surface area (Å²) in [6.45, 7) is 4.57. The minimum Gasteiger partial charge on any atom is -0.349 e. The number of hydrogen-bond donors (Lipinski definition) is 1. The van der Waals surface area contributed by atoms with Crippen LogP contribution in [0.3, 0.4) is 0 Å². The Morgan fingerprint density at radius 3 is 2.54 bits per heavy atom. The topological polar surface area (TPSA) is 66.5 Å². The van der Waals surface area contributed by atoms with E-state index in [1.165, 1.54) is 16.4 Å². The molecule has 0 bridgehead atoms. The lowest BCUT2D eigenvalue weighted by molar-refractivity contribution is -0.126. The van der Waals surface area contributed by atoms with Gasteiger partial charge in [-0.3, -0.25) is 4.79 Å². The van der Waals surface area contributed by atoms with E-state index in [0.29, 0.717) is 24.4 Å². The van der Waals surface area contributed by atoms with Crippen LogP contribution in [0.25, 0.3) is 0 Å². The summed E-state index contributed by atoms with van der Waals surface area (Å²) in [5, 5.41) is 3.53. The van der Waals surface area contributed by atoms with E-state index in [1.54, 1.807) is 12.1 Å². The number of carbonyl (C=O) groups excluding carboxylic acids is 1. The summed E-state index contributed by atoms with van der Waals surface area (Å²) in [6.07, 6.45) is 1.34. The van der Waals surface area contributed by atoms with Crippen LogP contribution in [0.4, 0.5) is 0 Å². The molecule has 0 spiro atoms. The molecule has 28 heavy (non-hydrogen) atoms. The fraction of sp³-hybridized carbons (Fsp3) is 0.381. The highest BCUT2D eigenvalue weighted by atomic mass is 35.5. The van der Waals surface area contributed by atoms with Gasteiger partial charge in [0.1, 0.15) is 0 Å². The Balaban J connectivity index is 1.69. The van der Waals surface area contributed by atoms with E-state index in [9.17, 15) is 13.2 Å². The highest BCUT2D eigenvalue weighted by molar-refractivity contribution is 7.89. The molecule has 0 radical (unpaired) electrons. The standard InChI is InChI=1S/C21H25ClN2O3S/c1-15-6-3-4-8-20(15)16(2)23-21(25)17-7-5-13-24(14-17)28(26,27)19-11-9-18(22)10-12-19/h3-4,6,8-12,16-17H,5,7,13-14H2,1-2H3,(H,23,25)/t16-,17+/m0/s1. The summed E-state index contributed by atoms with van der Waals surface area (Å²) in [5.74, 6) is -0.464. The van der Waals surface area contributed by atoms with E-state index in [0.717, 1.165) is 11.1 Å². The van der Waals surface area contributed by atoms with Crippen molar-refractivity contribution in [2.24, 2.45) is 5.92 Å². The summed E-state index contributed by atoms with van der Waals surface area (Å²) in [7, 11) is -3.64. The third kappa shape index (κ3) is 4.57. The Bertz CT molecular complexity index is 944. The number of nitrogens with zero attached hydrogens (tertiary/aromatic N) is 1. The number of nitrogens with one attached hydrogen (secondary N) is 1. The lowest BCUT2D eigenvalue weighted by atomic mass is 9.97. The summed E-state index contributed by atoms with van der Waals surface area (Å²) in [5.41, 5.74) is 2.18. The van der Waals surface area contributed by atoms with Crippen molar-refractivity contribution in [3.05, 3.63) is 64.7 Å². The van der Waals surface area contributed by atoms with Crippen LogP contribution in [-0.2, 0) is 14.8 Å². The molecule has 1 aliphatic heterocycles. The molecule has 5 nitrogen and oxygen atoms in total. The molecular formula is C21H25ClN2O3S. The average Bonchev–Trinajstić information content (AvgIpc) is 2.68. The van der Waals surface area contributed by atoms with Gasteiger partial charge in [-0.1, -0.05) is 35.9 Å². The first-order valence-electron chi connectivity index (χ1n) is 9.40. The molecule has 1 saturated heterocycles. The maximum Gasteiger partial charge on any atom is 0.243 e. The molecule has 1 aliphatic rings. The van der Waals surface area contributed by atoms with Crippen molar-refractivity contribution in [1.29, 1.82) is 0 Å². The van der Waals surface area contributed by atoms with Gasteiger partial charge in [0.2, 0.25) is 15.9 Å². The largest absolute Gasteiger partial charge is 0.349 e. The second-order valence-electron chi connectivity index (χ2n) is 7.24. The number of benzene rings is 2. The molecule has 7 heteroatoms. The molecule has 2 aromatic carbocycles. The minimum atomic E-state index is -3.64. The fourth-order valence-corrected chi connectivity index (χ4v) is 5.26. The first-order chi connectivity index (χ1) is 13.3. The van der Waals surface area contributed by atoms with Crippen molar-refractivity contribution >= 4 is 27.5 Å². The highest BCUT2D eigenvalue weighted by Gasteiger charge is 2.33. The maximum atomic E-state index is 12.9. The Morgan fingerprint density at radius 1 is 1.18 bits per heavy atom. The number of piperidine rings is 1.